The predicted molar refractivity (Wildman–Crippen MR) is 134 cm³/mol. The minimum atomic E-state index is -4.46. The smallest absolute Gasteiger partial charge is 0.355 e. The van der Waals surface area contributed by atoms with Gasteiger partial charge < -0.3 is 43.2 Å². The van der Waals surface area contributed by atoms with Gasteiger partial charge in [-0.05, 0) is 57.5 Å². The van der Waals surface area contributed by atoms with E-state index in [1.165, 1.54) is 19.2 Å². The van der Waals surface area contributed by atoms with E-state index in [0.717, 1.165) is 11.8 Å². The molecule has 0 aliphatic carbocycles. The van der Waals surface area contributed by atoms with Gasteiger partial charge in [0, 0.05) is 29.8 Å². The summed E-state index contributed by atoms with van der Waals surface area (Å²) < 4.78 is 40.1. The molecule has 12 nitrogen and oxygen atoms in total. The zero-order valence-corrected chi connectivity index (χ0v) is 22.4. The van der Waals surface area contributed by atoms with Crippen molar-refractivity contribution in [2.45, 2.75) is 64.1 Å². The molecule has 206 valence electrons. The van der Waals surface area contributed by atoms with Crippen molar-refractivity contribution in [1.29, 1.82) is 0 Å². The molecule has 2 aromatic heterocycles. The maximum atomic E-state index is 12.8. The van der Waals surface area contributed by atoms with E-state index in [1.807, 2.05) is 0 Å². The first kappa shape index (κ1) is 28.0. The third-order valence-corrected chi connectivity index (χ3v) is 7.14. The molecule has 13 heteroatoms. The summed E-state index contributed by atoms with van der Waals surface area (Å²) in [6.07, 6.45) is -5.45. The number of aliphatic hydroxyl groups excluding tert-OH is 1. The molecule has 4 atom stereocenters. The van der Waals surface area contributed by atoms with Crippen molar-refractivity contribution < 1.29 is 47.6 Å². The minimum Gasteiger partial charge on any atom is -0.462 e. The second-order valence-corrected chi connectivity index (χ2v) is 11.4. The summed E-state index contributed by atoms with van der Waals surface area (Å²) >= 11 is 0. The van der Waals surface area contributed by atoms with Gasteiger partial charge in [0.2, 0.25) is 6.29 Å². The zero-order chi connectivity index (χ0) is 28.0. The van der Waals surface area contributed by atoms with Gasteiger partial charge >= 0.3 is 19.2 Å². The number of aliphatic hydroxyl groups is 1. The van der Waals surface area contributed by atoms with Gasteiger partial charge in [-0.25, -0.2) is 9.59 Å². The fraction of sp³-hybridized carbons (Fsp3) is 0.440. The van der Waals surface area contributed by atoms with Gasteiger partial charge in [0.15, 0.2) is 12.2 Å². The van der Waals surface area contributed by atoms with Crippen LogP contribution in [0.3, 0.4) is 0 Å². The van der Waals surface area contributed by atoms with E-state index in [9.17, 15) is 29.0 Å². The number of aromatic amines is 1. The second kappa shape index (κ2) is 10.3. The Morgan fingerprint density at radius 2 is 1.89 bits per heavy atom. The van der Waals surface area contributed by atoms with Gasteiger partial charge in [-0.15, -0.1) is 0 Å². The van der Waals surface area contributed by atoms with Crippen molar-refractivity contribution >= 4 is 24.5 Å². The number of rotatable bonds is 7. The summed E-state index contributed by atoms with van der Waals surface area (Å²) in [6.45, 7) is 6.77. The third kappa shape index (κ3) is 5.70. The lowest BCUT2D eigenvalue weighted by Crippen LogP contribution is -2.65. The number of hydrogen-bond donors (Lipinski definition) is 4. The van der Waals surface area contributed by atoms with Gasteiger partial charge in [0.05, 0.1) is 11.8 Å². The highest BCUT2D eigenvalue weighted by atomic mass is 31.2. The van der Waals surface area contributed by atoms with E-state index >= 15 is 0 Å². The Morgan fingerprint density at radius 3 is 2.50 bits per heavy atom. The molecule has 0 saturated carbocycles. The Morgan fingerprint density at radius 1 is 1.18 bits per heavy atom. The number of hydrogen-bond acceptors (Lipinski definition) is 9. The monoisotopic (exact) mass is 551 g/mol. The molecule has 1 aromatic carbocycles. The lowest BCUT2D eigenvalue weighted by molar-refractivity contribution is -0.305. The number of methoxy groups -OCH3 is 1. The Bertz CT molecular complexity index is 1450. The first-order chi connectivity index (χ1) is 17.7. The van der Waals surface area contributed by atoms with Crippen molar-refractivity contribution in [3.63, 3.8) is 0 Å². The lowest BCUT2D eigenvalue weighted by atomic mass is 9.89. The first-order valence-corrected chi connectivity index (χ1v) is 13.5. The van der Waals surface area contributed by atoms with Crippen LogP contribution in [-0.2, 0) is 24.9 Å². The molecule has 4 N–H and O–H groups in total. The van der Waals surface area contributed by atoms with Crippen LogP contribution in [0, 0.1) is 13.8 Å². The van der Waals surface area contributed by atoms with Gasteiger partial charge in [0.25, 0.3) is 0 Å². The molecule has 0 amide bonds. The molecule has 38 heavy (non-hydrogen) atoms. The Labute approximate surface area is 217 Å². The topological polar surface area (TPSA) is 178 Å². The van der Waals surface area contributed by atoms with Crippen LogP contribution in [0.2, 0.25) is 0 Å². The maximum absolute atomic E-state index is 12.8. The second-order valence-electron chi connectivity index (χ2n) is 9.76. The van der Waals surface area contributed by atoms with Gasteiger partial charge in [0.1, 0.15) is 23.1 Å². The highest BCUT2D eigenvalue weighted by Crippen LogP contribution is 2.42. The summed E-state index contributed by atoms with van der Waals surface area (Å²) in [6, 6.07) is 7.32. The van der Waals surface area contributed by atoms with Crippen molar-refractivity contribution in [3.05, 3.63) is 63.3 Å². The number of fused-ring (bicyclic) bond motifs is 1. The van der Waals surface area contributed by atoms with Crippen LogP contribution < -0.4 is 10.4 Å². The fourth-order valence-corrected chi connectivity index (χ4v) is 5.34. The van der Waals surface area contributed by atoms with Gasteiger partial charge in [-0.3, -0.25) is 4.57 Å². The number of carbonyl (C=O) groups is 1. The summed E-state index contributed by atoms with van der Waals surface area (Å²) in [5, 5.41) is 11.5. The normalized spacial score (nSPS) is 23.4. The summed E-state index contributed by atoms with van der Waals surface area (Å²) in [7, 11) is -3.05. The third-order valence-electron chi connectivity index (χ3n) is 6.38. The van der Waals surface area contributed by atoms with E-state index in [0.29, 0.717) is 10.9 Å². The Hall–Kier alpha value is -2.99. The maximum Gasteiger partial charge on any atom is 0.355 e. The number of aromatic nitrogens is 1. The number of aryl methyl sites for hydroxylation is 2. The van der Waals surface area contributed by atoms with Crippen LogP contribution in [0.25, 0.3) is 11.0 Å². The molecule has 1 saturated heterocycles. The van der Waals surface area contributed by atoms with Crippen LogP contribution in [0.4, 0.5) is 0 Å². The number of H-pyrrole nitrogens is 1. The molecule has 0 spiro atoms. The average Bonchev–Trinajstić information content (AvgIpc) is 3.24. The van der Waals surface area contributed by atoms with E-state index in [2.05, 4.69) is 4.98 Å². The minimum absolute atomic E-state index is 0.0721. The van der Waals surface area contributed by atoms with Crippen LogP contribution in [0.1, 0.15) is 41.2 Å². The Balaban J connectivity index is 1.66. The molecule has 0 unspecified atom stereocenters. The Kier molecular flexibility index (Phi) is 7.59. The largest absolute Gasteiger partial charge is 0.462 e. The molecule has 3 heterocycles. The van der Waals surface area contributed by atoms with Crippen LogP contribution in [0.5, 0.6) is 5.75 Å². The summed E-state index contributed by atoms with van der Waals surface area (Å²) in [5.41, 5.74) is -0.347. The number of esters is 1. The molecule has 1 aliphatic rings. The van der Waals surface area contributed by atoms with E-state index in [4.69, 9.17) is 23.4 Å². The molecular weight excluding hydrogens is 521 g/mol. The van der Waals surface area contributed by atoms with Crippen molar-refractivity contribution in [2.75, 3.05) is 7.11 Å². The molecule has 3 aromatic rings. The lowest BCUT2D eigenvalue weighted by Gasteiger charge is -2.47. The average molecular weight is 551 g/mol. The number of ether oxygens (including phenoxy) is 4. The van der Waals surface area contributed by atoms with Crippen LogP contribution in [0.15, 0.2) is 39.5 Å². The summed E-state index contributed by atoms with van der Waals surface area (Å²) in [5.74, 6) is -0.517. The molecule has 1 aliphatic heterocycles. The van der Waals surface area contributed by atoms with E-state index in [-0.39, 0.29) is 22.6 Å². The van der Waals surface area contributed by atoms with Crippen LogP contribution >= 0.6 is 7.60 Å². The molecule has 1 fully saturated rings. The first-order valence-electron chi connectivity index (χ1n) is 11.7. The van der Waals surface area contributed by atoms with Crippen molar-refractivity contribution in [2.24, 2.45) is 0 Å². The quantitative estimate of drug-likeness (QED) is 0.193. The number of benzene rings is 1. The molecule has 4 rings (SSSR count). The number of nitrogens with one attached hydrogen (secondary N) is 1. The van der Waals surface area contributed by atoms with Crippen molar-refractivity contribution in [1.82, 2.24) is 4.98 Å². The van der Waals surface area contributed by atoms with Crippen LogP contribution in [-0.4, -0.2) is 63.2 Å². The summed E-state index contributed by atoms with van der Waals surface area (Å²) in [4.78, 5) is 46.6. The fourth-order valence-electron chi connectivity index (χ4n) is 4.63. The standard InChI is InChI=1S/C25H30NO11P/c1-12-6-8-16(26-12)23(29)36-21-19(28)24(37-25(3,4)22(21)33-5)34-17-9-7-15-14(11-38(30,31)32)10-18(27)35-20(15)13(17)2/h6-10,19,21-22,24,26,28H,11H2,1-5H3,(H2,30,31,32)/t19-,21+,22+,24-/m1/s1. The highest BCUT2D eigenvalue weighted by Gasteiger charge is 2.53. The molecule has 0 radical (unpaired) electrons. The van der Waals surface area contributed by atoms with Gasteiger partial charge in [-0.2, -0.15) is 0 Å². The SMILES string of the molecule is CO[C@H]1[C@@H](OC(=O)c2ccc(C)[nH]2)[C@@H](O)[C@H](Oc2ccc3c(CP(=O)(O)O)cc(=O)oc3c2C)OC1(C)C. The highest BCUT2D eigenvalue weighted by molar-refractivity contribution is 7.50. The van der Waals surface area contributed by atoms with Gasteiger partial charge in [-0.1, -0.05) is 0 Å². The molecule has 0 bridgehead atoms. The van der Waals surface area contributed by atoms with E-state index in [1.54, 1.807) is 39.8 Å². The van der Waals surface area contributed by atoms with Crippen molar-refractivity contribution in [3.8, 4) is 5.75 Å². The number of carbonyl (C=O) groups excluding carboxylic acids is 1. The molecular formula is C25H30NO11P. The van der Waals surface area contributed by atoms with E-state index < -0.39 is 55.6 Å². The zero-order valence-electron chi connectivity index (χ0n) is 21.5. The predicted octanol–water partition coefficient (Wildman–Crippen LogP) is 2.53.